The molecule has 0 aliphatic heterocycles. The SMILES string of the molecule is CCCCCOCc1ccc(Br)s1. The maximum Gasteiger partial charge on any atom is 0.0809 e. The van der Waals surface area contributed by atoms with E-state index in [9.17, 15) is 0 Å². The maximum atomic E-state index is 5.52. The molecule has 0 unspecified atom stereocenters. The fourth-order valence-electron chi connectivity index (χ4n) is 1.06. The zero-order chi connectivity index (χ0) is 9.52. The zero-order valence-electron chi connectivity index (χ0n) is 7.88. The second kappa shape index (κ2) is 6.57. The van der Waals surface area contributed by atoms with Gasteiger partial charge in [0.2, 0.25) is 0 Å². The van der Waals surface area contributed by atoms with Gasteiger partial charge in [0.1, 0.15) is 0 Å². The Morgan fingerprint density at radius 2 is 2.23 bits per heavy atom. The molecule has 1 aromatic rings. The molecule has 0 saturated carbocycles. The smallest absolute Gasteiger partial charge is 0.0809 e. The number of rotatable bonds is 6. The largest absolute Gasteiger partial charge is 0.376 e. The van der Waals surface area contributed by atoms with Crippen molar-refractivity contribution in [1.82, 2.24) is 0 Å². The summed E-state index contributed by atoms with van der Waals surface area (Å²) in [5.41, 5.74) is 0. The third-order valence-corrected chi connectivity index (χ3v) is 3.36. The first-order valence-electron chi connectivity index (χ1n) is 4.65. The molecule has 0 bridgehead atoms. The van der Waals surface area contributed by atoms with Crippen LogP contribution >= 0.6 is 27.3 Å². The van der Waals surface area contributed by atoms with Crippen molar-refractivity contribution >= 4 is 27.3 Å². The summed E-state index contributed by atoms with van der Waals surface area (Å²) in [6, 6.07) is 4.17. The number of ether oxygens (including phenoxy) is 1. The van der Waals surface area contributed by atoms with Gasteiger partial charge >= 0.3 is 0 Å². The number of hydrogen-bond acceptors (Lipinski definition) is 2. The Bertz CT molecular complexity index is 235. The predicted octanol–water partition coefficient (Wildman–Crippen LogP) is 4.22. The molecule has 0 amide bonds. The van der Waals surface area contributed by atoms with Crippen molar-refractivity contribution in [1.29, 1.82) is 0 Å². The molecule has 0 aliphatic rings. The Hall–Kier alpha value is 0.140. The van der Waals surface area contributed by atoms with Gasteiger partial charge in [0.15, 0.2) is 0 Å². The van der Waals surface area contributed by atoms with Crippen LogP contribution < -0.4 is 0 Å². The third-order valence-electron chi connectivity index (χ3n) is 1.77. The summed E-state index contributed by atoms with van der Waals surface area (Å²) in [6.45, 7) is 3.86. The fraction of sp³-hybridized carbons (Fsp3) is 0.600. The molecule has 0 aromatic carbocycles. The van der Waals surface area contributed by atoms with Crippen LogP contribution in [0.2, 0.25) is 0 Å². The van der Waals surface area contributed by atoms with E-state index in [1.54, 1.807) is 11.3 Å². The van der Waals surface area contributed by atoms with Crippen LogP contribution in [0.25, 0.3) is 0 Å². The Labute approximate surface area is 92.2 Å². The van der Waals surface area contributed by atoms with Crippen molar-refractivity contribution in [3.8, 4) is 0 Å². The van der Waals surface area contributed by atoms with E-state index in [1.807, 2.05) is 0 Å². The molecule has 1 heterocycles. The van der Waals surface area contributed by atoms with Crippen molar-refractivity contribution in [3.05, 3.63) is 20.8 Å². The highest BCUT2D eigenvalue weighted by atomic mass is 79.9. The van der Waals surface area contributed by atoms with Gasteiger partial charge < -0.3 is 4.74 Å². The predicted molar refractivity (Wildman–Crippen MR) is 61.2 cm³/mol. The lowest BCUT2D eigenvalue weighted by atomic mass is 10.3. The van der Waals surface area contributed by atoms with Gasteiger partial charge in [0, 0.05) is 11.5 Å². The van der Waals surface area contributed by atoms with Crippen LogP contribution in [0.15, 0.2) is 15.9 Å². The lowest BCUT2D eigenvalue weighted by molar-refractivity contribution is 0.119. The molecule has 0 spiro atoms. The van der Waals surface area contributed by atoms with Crippen LogP contribution in [0.5, 0.6) is 0 Å². The van der Waals surface area contributed by atoms with Gasteiger partial charge in [0.25, 0.3) is 0 Å². The summed E-state index contributed by atoms with van der Waals surface area (Å²) < 4.78 is 6.70. The normalized spacial score (nSPS) is 10.6. The number of hydrogen-bond donors (Lipinski definition) is 0. The van der Waals surface area contributed by atoms with E-state index < -0.39 is 0 Å². The molecule has 1 aromatic heterocycles. The van der Waals surface area contributed by atoms with Crippen molar-refractivity contribution < 1.29 is 4.74 Å². The molecule has 1 nitrogen and oxygen atoms in total. The molecule has 0 saturated heterocycles. The minimum Gasteiger partial charge on any atom is -0.376 e. The van der Waals surface area contributed by atoms with E-state index in [0.717, 1.165) is 13.2 Å². The van der Waals surface area contributed by atoms with E-state index in [4.69, 9.17) is 4.74 Å². The molecule has 13 heavy (non-hydrogen) atoms. The van der Waals surface area contributed by atoms with E-state index >= 15 is 0 Å². The lowest BCUT2D eigenvalue weighted by Gasteiger charge is -2.00. The highest BCUT2D eigenvalue weighted by Crippen LogP contribution is 2.22. The highest BCUT2D eigenvalue weighted by molar-refractivity contribution is 9.11. The van der Waals surface area contributed by atoms with Crippen LogP contribution in [0.1, 0.15) is 31.1 Å². The summed E-state index contributed by atoms with van der Waals surface area (Å²) in [7, 11) is 0. The van der Waals surface area contributed by atoms with E-state index in [0.29, 0.717) is 0 Å². The van der Waals surface area contributed by atoms with Gasteiger partial charge in [0.05, 0.1) is 10.4 Å². The zero-order valence-corrected chi connectivity index (χ0v) is 10.3. The van der Waals surface area contributed by atoms with Crippen molar-refractivity contribution in [2.45, 2.75) is 32.8 Å². The first-order valence-corrected chi connectivity index (χ1v) is 6.26. The van der Waals surface area contributed by atoms with Crippen molar-refractivity contribution in [2.24, 2.45) is 0 Å². The van der Waals surface area contributed by atoms with Gasteiger partial charge in [-0.05, 0) is 34.5 Å². The van der Waals surface area contributed by atoms with Crippen LogP contribution in [-0.2, 0) is 11.3 Å². The molecule has 1 rings (SSSR count). The van der Waals surface area contributed by atoms with Gasteiger partial charge in [-0.25, -0.2) is 0 Å². The van der Waals surface area contributed by atoms with Gasteiger partial charge in [-0.3, -0.25) is 0 Å². The van der Waals surface area contributed by atoms with Crippen LogP contribution in [0.4, 0.5) is 0 Å². The van der Waals surface area contributed by atoms with E-state index in [2.05, 4.69) is 35.0 Å². The minimum atomic E-state index is 0.764. The lowest BCUT2D eigenvalue weighted by Crippen LogP contribution is -1.93. The van der Waals surface area contributed by atoms with Gasteiger partial charge in [-0.15, -0.1) is 11.3 Å². The molecule has 0 fully saturated rings. The second-order valence-corrected chi connectivity index (χ2v) is 5.51. The Balaban J connectivity index is 2.06. The molecule has 0 aliphatic carbocycles. The first-order chi connectivity index (χ1) is 6.33. The van der Waals surface area contributed by atoms with E-state index in [1.165, 1.54) is 27.9 Å². The molecular formula is C10H15BrOS. The first kappa shape index (κ1) is 11.2. The molecule has 0 radical (unpaired) electrons. The quantitative estimate of drug-likeness (QED) is 0.698. The van der Waals surface area contributed by atoms with Gasteiger partial charge in [-0.2, -0.15) is 0 Å². The van der Waals surface area contributed by atoms with Crippen molar-refractivity contribution in [3.63, 3.8) is 0 Å². The Morgan fingerprint density at radius 3 is 2.85 bits per heavy atom. The number of unbranched alkanes of at least 4 members (excludes halogenated alkanes) is 2. The van der Waals surface area contributed by atoms with E-state index in [-0.39, 0.29) is 0 Å². The average molecular weight is 263 g/mol. The summed E-state index contributed by atoms with van der Waals surface area (Å²) in [5, 5.41) is 0. The minimum absolute atomic E-state index is 0.764. The number of halogens is 1. The van der Waals surface area contributed by atoms with Crippen LogP contribution in [0, 0.1) is 0 Å². The Morgan fingerprint density at radius 1 is 1.38 bits per heavy atom. The maximum absolute atomic E-state index is 5.52. The average Bonchev–Trinajstić information content (AvgIpc) is 2.51. The fourth-order valence-corrected chi connectivity index (χ4v) is 2.48. The Kier molecular flexibility index (Phi) is 5.67. The standard InChI is InChI=1S/C10H15BrOS/c1-2-3-4-7-12-8-9-5-6-10(11)13-9/h5-6H,2-4,7-8H2,1H3. The summed E-state index contributed by atoms with van der Waals surface area (Å²) in [4.78, 5) is 1.29. The highest BCUT2D eigenvalue weighted by Gasteiger charge is 1.96. The third kappa shape index (κ3) is 4.79. The summed E-state index contributed by atoms with van der Waals surface area (Å²) >= 11 is 5.17. The topological polar surface area (TPSA) is 9.23 Å². The van der Waals surface area contributed by atoms with Crippen LogP contribution in [0.3, 0.4) is 0 Å². The van der Waals surface area contributed by atoms with Crippen LogP contribution in [-0.4, -0.2) is 6.61 Å². The molecule has 74 valence electrons. The molecule has 3 heteroatoms. The summed E-state index contributed by atoms with van der Waals surface area (Å²) in [6.07, 6.45) is 3.71. The van der Waals surface area contributed by atoms with Gasteiger partial charge in [-0.1, -0.05) is 19.8 Å². The summed E-state index contributed by atoms with van der Waals surface area (Å²) in [5.74, 6) is 0. The molecular weight excluding hydrogens is 248 g/mol. The molecule has 0 N–H and O–H groups in total. The second-order valence-electron chi connectivity index (χ2n) is 2.97. The monoisotopic (exact) mass is 262 g/mol. The molecule has 0 atom stereocenters. The number of thiophene rings is 1. The van der Waals surface area contributed by atoms with Crippen molar-refractivity contribution in [2.75, 3.05) is 6.61 Å².